The molecule has 0 radical (unpaired) electrons. The molecular formula is C16H21NO. The van der Waals surface area contributed by atoms with Gasteiger partial charge in [0.15, 0.2) is 0 Å². The van der Waals surface area contributed by atoms with Crippen molar-refractivity contribution in [3.05, 3.63) is 59.0 Å². The number of nitrogens with one attached hydrogen (secondary N) is 1. The van der Waals surface area contributed by atoms with Gasteiger partial charge in [-0.15, -0.1) is 0 Å². The van der Waals surface area contributed by atoms with Crippen molar-refractivity contribution in [2.75, 3.05) is 6.54 Å². The minimum absolute atomic E-state index is 0.328. The van der Waals surface area contributed by atoms with Gasteiger partial charge in [-0.3, -0.25) is 0 Å². The average Bonchev–Trinajstić information content (AvgIpc) is 2.75. The molecule has 1 heterocycles. The third-order valence-electron chi connectivity index (χ3n) is 3.13. The second-order valence-corrected chi connectivity index (χ2v) is 4.79. The van der Waals surface area contributed by atoms with Crippen molar-refractivity contribution in [3.63, 3.8) is 0 Å². The minimum atomic E-state index is 0.328. The van der Waals surface area contributed by atoms with E-state index in [1.807, 2.05) is 13.2 Å². The number of hydrogen-bond acceptors (Lipinski definition) is 2. The first-order chi connectivity index (χ1) is 8.69. The van der Waals surface area contributed by atoms with Gasteiger partial charge in [-0.05, 0) is 38.4 Å². The van der Waals surface area contributed by atoms with Crippen LogP contribution in [-0.4, -0.2) is 6.54 Å². The molecule has 1 atom stereocenters. The second-order valence-electron chi connectivity index (χ2n) is 4.79. The number of likely N-dealkylation sites (N-methyl/N-ethyl adjacent to an activating group) is 1. The Bertz CT molecular complexity index is 501. The smallest absolute Gasteiger partial charge is 0.101 e. The van der Waals surface area contributed by atoms with E-state index in [0.29, 0.717) is 6.04 Å². The van der Waals surface area contributed by atoms with E-state index in [0.717, 1.165) is 18.7 Å². The maximum Gasteiger partial charge on any atom is 0.101 e. The normalized spacial score (nSPS) is 12.6. The third-order valence-corrected chi connectivity index (χ3v) is 3.13. The number of aryl methyl sites for hydroxylation is 2. The number of rotatable bonds is 5. The summed E-state index contributed by atoms with van der Waals surface area (Å²) in [6.45, 7) is 7.21. The highest BCUT2D eigenvalue weighted by molar-refractivity contribution is 5.26. The zero-order chi connectivity index (χ0) is 13.0. The molecular weight excluding hydrogens is 222 g/mol. The van der Waals surface area contributed by atoms with E-state index in [2.05, 4.69) is 49.5 Å². The first-order valence-corrected chi connectivity index (χ1v) is 6.53. The Morgan fingerprint density at radius 3 is 2.67 bits per heavy atom. The molecule has 0 amide bonds. The van der Waals surface area contributed by atoms with Crippen LogP contribution in [0.5, 0.6) is 0 Å². The van der Waals surface area contributed by atoms with E-state index in [9.17, 15) is 0 Å². The van der Waals surface area contributed by atoms with E-state index in [-0.39, 0.29) is 0 Å². The van der Waals surface area contributed by atoms with Crippen LogP contribution < -0.4 is 5.32 Å². The fourth-order valence-corrected chi connectivity index (χ4v) is 2.28. The summed E-state index contributed by atoms with van der Waals surface area (Å²) in [5, 5.41) is 3.52. The van der Waals surface area contributed by atoms with Crippen LogP contribution in [0, 0.1) is 13.8 Å². The van der Waals surface area contributed by atoms with Gasteiger partial charge in [-0.1, -0.05) is 36.8 Å². The summed E-state index contributed by atoms with van der Waals surface area (Å²) in [6.07, 6.45) is 2.85. The SMILES string of the molecule is CCNC(Cc1cccc(C)c1)c1coc(C)c1. The maximum absolute atomic E-state index is 5.41. The van der Waals surface area contributed by atoms with Crippen LogP contribution in [-0.2, 0) is 6.42 Å². The highest BCUT2D eigenvalue weighted by Gasteiger charge is 2.13. The van der Waals surface area contributed by atoms with Crippen molar-refractivity contribution in [1.82, 2.24) is 5.32 Å². The van der Waals surface area contributed by atoms with Gasteiger partial charge in [0.2, 0.25) is 0 Å². The lowest BCUT2D eigenvalue weighted by atomic mass is 9.99. The average molecular weight is 243 g/mol. The van der Waals surface area contributed by atoms with Gasteiger partial charge in [0.1, 0.15) is 5.76 Å². The topological polar surface area (TPSA) is 25.2 Å². The molecule has 0 aliphatic heterocycles. The van der Waals surface area contributed by atoms with Crippen LogP contribution in [0.25, 0.3) is 0 Å². The van der Waals surface area contributed by atoms with Crippen molar-refractivity contribution in [2.45, 2.75) is 33.2 Å². The fourth-order valence-electron chi connectivity index (χ4n) is 2.28. The van der Waals surface area contributed by atoms with Crippen LogP contribution in [0.4, 0.5) is 0 Å². The summed E-state index contributed by atoms with van der Waals surface area (Å²) < 4.78 is 5.41. The quantitative estimate of drug-likeness (QED) is 0.864. The Morgan fingerprint density at radius 1 is 1.22 bits per heavy atom. The first-order valence-electron chi connectivity index (χ1n) is 6.53. The molecule has 2 aromatic rings. The summed E-state index contributed by atoms with van der Waals surface area (Å²) in [6, 6.07) is 11.1. The van der Waals surface area contributed by atoms with Crippen LogP contribution in [0.15, 0.2) is 41.0 Å². The second kappa shape index (κ2) is 5.87. The number of furan rings is 1. The minimum Gasteiger partial charge on any atom is -0.469 e. The van der Waals surface area contributed by atoms with Crippen LogP contribution >= 0.6 is 0 Å². The van der Waals surface area contributed by atoms with Crippen molar-refractivity contribution in [3.8, 4) is 0 Å². The molecule has 0 saturated carbocycles. The van der Waals surface area contributed by atoms with Gasteiger partial charge in [0, 0.05) is 11.6 Å². The van der Waals surface area contributed by atoms with Gasteiger partial charge < -0.3 is 9.73 Å². The number of benzene rings is 1. The van der Waals surface area contributed by atoms with Crippen LogP contribution in [0.2, 0.25) is 0 Å². The van der Waals surface area contributed by atoms with Gasteiger partial charge in [-0.25, -0.2) is 0 Å². The molecule has 0 fully saturated rings. The van der Waals surface area contributed by atoms with Crippen molar-refractivity contribution < 1.29 is 4.42 Å². The summed E-state index contributed by atoms with van der Waals surface area (Å²) in [5.74, 6) is 0.970. The monoisotopic (exact) mass is 243 g/mol. The van der Waals surface area contributed by atoms with Gasteiger partial charge in [0.05, 0.1) is 6.26 Å². The van der Waals surface area contributed by atoms with E-state index in [1.54, 1.807) is 0 Å². The predicted octanol–water partition coefficient (Wildman–Crippen LogP) is 3.79. The highest BCUT2D eigenvalue weighted by atomic mass is 16.3. The van der Waals surface area contributed by atoms with Gasteiger partial charge in [0.25, 0.3) is 0 Å². The Morgan fingerprint density at radius 2 is 2.06 bits per heavy atom. The van der Waals surface area contributed by atoms with E-state index >= 15 is 0 Å². The lowest BCUT2D eigenvalue weighted by Gasteiger charge is -2.16. The number of hydrogen-bond donors (Lipinski definition) is 1. The zero-order valence-corrected chi connectivity index (χ0v) is 11.4. The molecule has 96 valence electrons. The fraction of sp³-hybridized carbons (Fsp3) is 0.375. The summed E-state index contributed by atoms with van der Waals surface area (Å²) >= 11 is 0. The molecule has 2 heteroatoms. The highest BCUT2D eigenvalue weighted by Crippen LogP contribution is 2.21. The summed E-state index contributed by atoms with van der Waals surface area (Å²) in [4.78, 5) is 0. The molecule has 1 aromatic carbocycles. The Balaban J connectivity index is 2.16. The molecule has 1 unspecified atom stereocenters. The molecule has 1 aromatic heterocycles. The van der Waals surface area contributed by atoms with Crippen molar-refractivity contribution in [1.29, 1.82) is 0 Å². The lowest BCUT2D eigenvalue weighted by molar-refractivity contribution is 0.511. The summed E-state index contributed by atoms with van der Waals surface area (Å²) in [7, 11) is 0. The molecule has 0 aliphatic carbocycles. The molecule has 2 nitrogen and oxygen atoms in total. The van der Waals surface area contributed by atoms with Crippen molar-refractivity contribution >= 4 is 0 Å². The lowest BCUT2D eigenvalue weighted by Crippen LogP contribution is -2.22. The Kier molecular flexibility index (Phi) is 4.21. The van der Waals surface area contributed by atoms with Crippen LogP contribution in [0.1, 0.15) is 35.4 Å². The van der Waals surface area contributed by atoms with Crippen LogP contribution in [0.3, 0.4) is 0 Å². The van der Waals surface area contributed by atoms with E-state index in [4.69, 9.17) is 4.42 Å². The molecule has 2 rings (SSSR count). The molecule has 0 spiro atoms. The third kappa shape index (κ3) is 3.23. The van der Waals surface area contributed by atoms with Crippen molar-refractivity contribution in [2.24, 2.45) is 0 Å². The van der Waals surface area contributed by atoms with E-state index in [1.165, 1.54) is 16.7 Å². The predicted molar refractivity (Wildman–Crippen MR) is 74.7 cm³/mol. The zero-order valence-electron chi connectivity index (χ0n) is 11.4. The Labute approximate surface area is 109 Å². The molecule has 18 heavy (non-hydrogen) atoms. The molecule has 0 bridgehead atoms. The molecule has 0 saturated heterocycles. The van der Waals surface area contributed by atoms with Gasteiger partial charge in [-0.2, -0.15) is 0 Å². The first kappa shape index (κ1) is 12.9. The maximum atomic E-state index is 5.41. The largest absolute Gasteiger partial charge is 0.469 e. The molecule has 1 N–H and O–H groups in total. The van der Waals surface area contributed by atoms with Gasteiger partial charge >= 0.3 is 0 Å². The van der Waals surface area contributed by atoms with E-state index < -0.39 is 0 Å². The standard InChI is InChI=1S/C16H21NO/c1-4-17-16(15-9-13(3)18-11-15)10-14-7-5-6-12(2)8-14/h5-9,11,16-17H,4,10H2,1-3H3. The molecule has 0 aliphatic rings. The Hall–Kier alpha value is -1.54. The summed E-state index contributed by atoms with van der Waals surface area (Å²) in [5.41, 5.74) is 3.90.